The van der Waals surface area contributed by atoms with Gasteiger partial charge in [-0.15, -0.1) is 11.3 Å². The number of carbonyl (C=O) groups excluding carboxylic acids is 1. The fourth-order valence-corrected chi connectivity index (χ4v) is 4.45. The lowest BCUT2D eigenvalue weighted by Gasteiger charge is -2.08. The maximum absolute atomic E-state index is 12.4. The topological polar surface area (TPSA) is 92.4 Å². The zero-order valence-corrected chi connectivity index (χ0v) is 17.6. The van der Waals surface area contributed by atoms with Crippen molar-refractivity contribution in [3.63, 3.8) is 0 Å². The number of anilines is 2. The molecule has 148 valence electrons. The number of amides is 1. The van der Waals surface area contributed by atoms with Gasteiger partial charge in [0.1, 0.15) is 0 Å². The number of carbonyl (C=O) groups is 1. The number of rotatable bonds is 7. The van der Waals surface area contributed by atoms with Crippen LogP contribution in [0.15, 0.2) is 66.1 Å². The van der Waals surface area contributed by atoms with Crippen molar-refractivity contribution in [2.75, 3.05) is 11.1 Å². The normalized spacial score (nSPS) is 12.7. The third-order valence-electron chi connectivity index (χ3n) is 4.49. The summed E-state index contributed by atoms with van der Waals surface area (Å²) in [4.78, 5) is 23.0. The van der Waals surface area contributed by atoms with Crippen molar-refractivity contribution in [1.29, 1.82) is 0 Å². The second-order valence-corrected chi connectivity index (χ2v) is 8.67. The summed E-state index contributed by atoms with van der Waals surface area (Å²) >= 11 is 1.62. The average Bonchev–Trinajstić information content (AvgIpc) is 3.23. The first-order valence-electron chi connectivity index (χ1n) is 9.15. The highest BCUT2D eigenvalue weighted by Crippen LogP contribution is 2.40. The smallest absolute Gasteiger partial charge is 0.397 e. The van der Waals surface area contributed by atoms with E-state index in [2.05, 4.69) is 5.32 Å². The third kappa shape index (κ3) is 5.39. The maximum atomic E-state index is 12.4. The largest absolute Gasteiger partial charge is 0.513 e. The first kappa shape index (κ1) is 20.9. The lowest BCUT2D eigenvalue weighted by atomic mass is 10.1. The van der Waals surface area contributed by atoms with Crippen molar-refractivity contribution in [2.24, 2.45) is 0 Å². The van der Waals surface area contributed by atoms with E-state index in [4.69, 9.17) is 5.73 Å². The molecule has 3 aromatic rings. The number of thiophene rings is 1. The molecule has 0 aliphatic rings. The summed E-state index contributed by atoms with van der Waals surface area (Å²) in [6.45, 7) is 1.87. The number of nitrogens with one attached hydrogen (secondary N) is 1. The minimum Gasteiger partial charge on any atom is -0.397 e. The minimum absolute atomic E-state index is 0.300. The second kappa shape index (κ2) is 9.61. The lowest BCUT2D eigenvalue weighted by molar-refractivity contribution is -0.111. The van der Waals surface area contributed by atoms with Crippen LogP contribution in [0.2, 0.25) is 0 Å². The molecule has 2 atom stereocenters. The van der Waals surface area contributed by atoms with Crippen LogP contribution >= 0.6 is 19.4 Å². The van der Waals surface area contributed by atoms with Crippen LogP contribution in [0.25, 0.3) is 16.5 Å². The van der Waals surface area contributed by atoms with Gasteiger partial charge in [-0.1, -0.05) is 37.3 Å². The Morgan fingerprint density at radius 2 is 2.07 bits per heavy atom. The summed E-state index contributed by atoms with van der Waals surface area (Å²) in [7, 11) is -2.30. The van der Waals surface area contributed by atoms with E-state index in [-0.39, 0.29) is 5.91 Å². The van der Waals surface area contributed by atoms with E-state index in [1.807, 2.05) is 60.8 Å². The summed E-state index contributed by atoms with van der Waals surface area (Å²) in [5, 5.41) is 4.81. The van der Waals surface area contributed by atoms with Crippen molar-refractivity contribution in [3.05, 3.63) is 77.2 Å². The zero-order chi connectivity index (χ0) is 20.8. The molecule has 0 saturated heterocycles. The van der Waals surface area contributed by atoms with Crippen molar-refractivity contribution in [1.82, 2.24) is 0 Å². The Morgan fingerprint density at radius 3 is 2.76 bits per heavy atom. The van der Waals surface area contributed by atoms with E-state index >= 15 is 0 Å². The van der Waals surface area contributed by atoms with Gasteiger partial charge in [-0.2, -0.15) is 4.89 Å². The van der Waals surface area contributed by atoms with Gasteiger partial charge in [0.05, 0.1) is 11.4 Å². The summed E-state index contributed by atoms with van der Waals surface area (Å²) < 4.78 is 11.5. The van der Waals surface area contributed by atoms with Crippen LogP contribution < -0.4 is 11.1 Å². The van der Waals surface area contributed by atoms with Crippen LogP contribution in [0.1, 0.15) is 30.1 Å². The third-order valence-corrected chi connectivity index (χ3v) is 6.61. The molecular formula is C22H22N2O3PS+. The standard InChI is InChI=1S/C22H21N2O3PS/c1-2-20(28(26)27)16-6-3-5-15(13-16)8-11-22(25)24-19-14-17(9-10-18(19)23)21-7-4-12-29-21/h3-14,20H,2,23H2,1H3,(H-,24,25,26,27)/p+1. The highest BCUT2D eigenvalue weighted by molar-refractivity contribution is 7.38. The van der Waals surface area contributed by atoms with Crippen LogP contribution in [0.4, 0.5) is 11.4 Å². The molecule has 3 rings (SSSR count). The predicted octanol–water partition coefficient (Wildman–Crippen LogP) is 5.84. The monoisotopic (exact) mass is 425 g/mol. The first-order chi connectivity index (χ1) is 14.0. The molecular weight excluding hydrogens is 403 g/mol. The van der Waals surface area contributed by atoms with E-state index in [9.17, 15) is 14.3 Å². The molecule has 1 heterocycles. The Balaban J connectivity index is 1.74. The molecule has 1 amide bonds. The highest BCUT2D eigenvalue weighted by atomic mass is 32.1. The maximum Gasteiger partial charge on any atom is 0.513 e. The Hall–Kier alpha value is -2.79. The summed E-state index contributed by atoms with van der Waals surface area (Å²) in [5.74, 6) is -0.300. The van der Waals surface area contributed by atoms with Crippen molar-refractivity contribution < 1.29 is 14.3 Å². The number of nitrogens with two attached hydrogens (primary N) is 1. The molecule has 29 heavy (non-hydrogen) atoms. The van der Waals surface area contributed by atoms with E-state index in [0.717, 1.165) is 21.6 Å². The van der Waals surface area contributed by atoms with Crippen LogP contribution in [-0.2, 0) is 9.36 Å². The van der Waals surface area contributed by atoms with Gasteiger partial charge >= 0.3 is 8.03 Å². The molecule has 0 aliphatic carbocycles. The van der Waals surface area contributed by atoms with Crippen molar-refractivity contribution >= 4 is 42.7 Å². The Bertz CT molecular complexity index is 1050. The zero-order valence-electron chi connectivity index (χ0n) is 15.9. The van der Waals surface area contributed by atoms with E-state index < -0.39 is 13.7 Å². The van der Waals surface area contributed by atoms with Crippen LogP contribution in [-0.4, -0.2) is 10.8 Å². The molecule has 7 heteroatoms. The van der Waals surface area contributed by atoms with Gasteiger partial charge in [0.15, 0.2) is 0 Å². The summed E-state index contributed by atoms with van der Waals surface area (Å²) in [6.07, 6.45) is 3.67. The molecule has 0 bridgehead atoms. The Labute approximate surface area is 174 Å². The van der Waals surface area contributed by atoms with E-state index in [1.54, 1.807) is 23.5 Å². The number of hydrogen-bond donors (Lipinski definition) is 3. The lowest BCUT2D eigenvalue weighted by Crippen LogP contribution is -2.09. The number of hydrogen-bond acceptors (Lipinski definition) is 4. The fourth-order valence-electron chi connectivity index (χ4n) is 3.00. The molecule has 5 nitrogen and oxygen atoms in total. The molecule has 0 saturated carbocycles. The van der Waals surface area contributed by atoms with Gasteiger partial charge in [0.25, 0.3) is 0 Å². The van der Waals surface area contributed by atoms with Crippen LogP contribution in [0, 0.1) is 0 Å². The van der Waals surface area contributed by atoms with Gasteiger partial charge in [0.2, 0.25) is 11.6 Å². The highest BCUT2D eigenvalue weighted by Gasteiger charge is 2.28. The van der Waals surface area contributed by atoms with Gasteiger partial charge in [-0.25, -0.2) is 0 Å². The van der Waals surface area contributed by atoms with Crippen LogP contribution in [0.3, 0.4) is 0 Å². The Morgan fingerprint density at radius 1 is 1.24 bits per heavy atom. The predicted molar refractivity (Wildman–Crippen MR) is 121 cm³/mol. The molecule has 2 aromatic carbocycles. The first-order valence-corrected chi connectivity index (χ1v) is 11.3. The minimum atomic E-state index is -2.30. The van der Waals surface area contributed by atoms with Gasteiger partial charge in [-0.3, -0.25) is 4.79 Å². The molecule has 0 spiro atoms. The molecule has 0 fully saturated rings. The van der Waals surface area contributed by atoms with Gasteiger partial charge in [-0.05, 0) is 57.8 Å². The van der Waals surface area contributed by atoms with Crippen molar-refractivity contribution in [3.8, 4) is 10.4 Å². The SMILES string of the molecule is CCC(c1cccc(C=CC(=O)Nc2cc(-c3cccs3)ccc2N)c1)[P+](=O)O. The summed E-state index contributed by atoms with van der Waals surface area (Å²) in [6, 6.07) is 16.9. The van der Waals surface area contributed by atoms with E-state index in [1.165, 1.54) is 6.08 Å². The van der Waals surface area contributed by atoms with Gasteiger partial charge < -0.3 is 11.1 Å². The fraction of sp³-hybridized carbons (Fsp3) is 0.136. The molecule has 1 aromatic heterocycles. The molecule has 4 N–H and O–H groups in total. The van der Waals surface area contributed by atoms with E-state index in [0.29, 0.717) is 17.8 Å². The number of benzene rings is 2. The quantitative estimate of drug-likeness (QED) is 0.252. The second-order valence-electron chi connectivity index (χ2n) is 6.50. The molecule has 0 radical (unpaired) electrons. The Kier molecular flexibility index (Phi) is 6.94. The van der Waals surface area contributed by atoms with Crippen LogP contribution in [0.5, 0.6) is 0 Å². The number of nitrogen functional groups attached to an aromatic ring is 1. The summed E-state index contributed by atoms with van der Waals surface area (Å²) in [5.41, 5.74) is 9.21. The van der Waals surface area contributed by atoms with Gasteiger partial charge in [0, 0.05) is 16.5 Å². The molecule has 2 unspecified atom stereocenters. The molecule has 0 aliphatic heterocycles. The average molecular weight is 425 g/mol. The van der Waals surface area contributed by atoms with Crippen molar-refractivity contribution in [2.45, 2.75) is 19.0 Å².